The van der Waals surface area contributed by atoms with Gasteiger partial charge in [0.05, 0.1) is 22.9 Å². The van der Waals surface area contributed by atoms with E-state index in [0.29, 0.717) is 23.7 Å². The fourth-order valence-electron chi connectivity index (χ4n) is 4.34. The van der Waals surface area contributed by atoms with E-state index in [2.05, 4.69) is 27.4 Å². The molecule has 0 fully saturated rings. The minimum Gasteiger partial charge on any atom is -0.345 e. The second-order valence-electron chi connectivity index (χ2n) is 7.62. The largest absolute Gasteiger partial charge is 0.345 e. The zero-order valence-corrected chi connectivity index (χ0v) is 17.9. The van der Waals surface area contributed by atoms with Crippen LogP contribution in [0.3, 0.4) is 0 Å². The first-order valence-corrected chi connectivity index (χ1v) is 9.69. The van der Waals surface area contributed by atoms with Crippen molar-refractivity contribution in [1.82, 2.24) is 15.3 Å². The molecule has 0 saturated heterocycles. The molecule has 3 aromatic rings. The van der Waals surface area contributed by atoms with Gasteiger partial charge in [-0.3, -0.25) is 0 Å². The van der Waals surface area contributed by atoms with Crippen molar-refractivity contribution in [3.63, 3.8) is 0 Å². The molecule has 0 radical (unpaired) electrons. The van der Waals surface area contributed by atoms with Crippen molar-refractivity contribution in [3.05, 3.63) is 77.2 Å². The van der Waals surface area contributed by atoms with Gasteiger partial charge in [-0.1, -0.05) is 23.8 Å². The molecule has 1 atom stereocenters. The first-order chi connectivity index (χ1) is 13.7. The van der Waals surface area contributed by atoms with E-state index < -0.39 is 11.6 Å². The van der Waals surface area contributed by atoms with Gasteiger partial charge >= 0.3 is 0 Å². The summed E-state index contributed by atoms with van der Waals surface area (Å²) in [7, 11) is 0. The summed E-state index contributed by atoms with van der Waals surface area (Å²) in [6.45, 7) is 0.461. The van der Waals surface area contributed by atoms with Crippen molar-refractivity contribution >= 4 is 35.8 Å². The van der Waals surface area contributed by atoms with E-state index in [1.54, 1.807) is 24.5 Å². The van der Waals surface area contributed by atoms with Gasteiger partial charge in [0.1, 0.15) is 11.6 Å². The molecule has 0 amide bonds. The van der Waals surface area contributed by atoms with E-state index in [4.69, 9.17) is 0 Å². The van der Waals surface area contributed by atoms with Crippen molar-refractivity contribution in [2.24, 2.45) is 0 Å². The zero-order valence-electron chi connectivity index (χ0n) is 16.3. The summed E-state index contributed by atoms with van der Waals surface area (Å²) in [4.78, 5) is 7.12. The topological polar surface area (TPSA) is 40.7 Å². The highest BCUT2D eigenvalue weighted by molar-refractivity contribution is 5.85. The van der Waals surface area contributed by atoms with Gasteiger partial charge in [-0.05, 0) is 66.6 Å². The van der Waals surface area contributed by atoms with Crippen LogP contribution in [0.1, 0.15) is 31.2 Å². The van der Waals surface area contributed by atoms with Crippen molar-refractivity contribution in [2.45, 2.75) is 38.3 Å². The van der Waals surface area contributed by atoms with E-state index in [1.165, 1.54) is 23.3 Å². The van der Waals surface area contributed by atoms with E-state index in [9.17, 15) is 8.78 Å². The lowest BCUT2D eigenvalue weighted by Crippen LogP contribution is -2.26. The number of H-pyrrole nitrogens is 1. The molecule has 1 unspecified atom stereocenters. The normalized spacial score (nSPS) is 17.6. The summed E-state index contributed by atoms with van der Waals surface area (Å²) in [6, 6.07) is 8.41. The van der Waals surface area contributed by atoms with Crippen molar-refractivity contribution in [3.8, 4) is 11.1 Å². The molecule has 7 heteroatoms. The molecule has 1 heterocycles. The number of halogens is 4. The first-order valence-electron chi connectivity index (χ1n) is 9.69. The molecule has 5 rings (SSSR count). The van der Waals surface area contributed by atoms with E-state index >= 15 is 0 Å². The number of aromatic nitrogens is 2. The Balaban J connectivity index is 0.00000128. The lowest BCUT2D eigenvalue weighted by Gasteiger charge is -2.14. The van der Waals surface area contributed by atoms with Gasteiger partial charge in [0, 0.05) is 12.6 Å². The number of aromatic amines is 1. The number of allylic oxidation sites excluding steroid dienone is 2. The summed E-state index contributed by atoms with van der Waals surface area (Å²) in [6.07, 6.45) is 10.3. The average Bonchev–Trinajstić information content (AvgIpc) is 3.31. The molecule has 0 spiro atoms. The quantitative estimate of drug-likeness (QED) is 0.493. The van der Waals surface area contributed by atoms with Crippen LogP contribution in [0, 0.1) is 11.6 Å². The number of hydrogen-bond acceptors (Lipinski definition) is 2. The van der Waals surface area contributed by atoms with Crippen molar-refractivity contribution in [1.29, 1.82) is 0 Å². The predicted octanol–water partition coefficient (Wildman–Crippen LogP) is 6.25. The Hall–Kier alpha value is -2.21. The fourth-order valence-corrected chi connectivity index (χ4v) is 4.34. The van der Waals surface area contributed by atoms with E-state index in [-0.39, 0.29) is 30.4 Å². The average molecular weight is 450 g/mol. The van der Waals surface area contributed by atoms with Gasteiger partial charge in [0.2, 0.25) is 0 Å². The molecule has 2 N–H and O–H groups in total. The van der Waals surface area contributed by atoms with Gasteiger partial charge in [-0.2, -0.15) is 0 Å². The van der Waals surface area contributed by atoms with E-state index in [0.717, 1.165) is 36.7 Å². The zero-order chi connectivity index (χ0) is 19.1. The van der Waals surface area contributed by atoms with Gasteiger partial charge in [0.15, 0.2) is 0 Å². The summed E-state index contributed by atoms with van der Waals surface area (Å²) in [5.41, 5.74) is 5.63. The van der Waals surface area contributed by atoms with Gasteiger partial charge < -0.3 is 10.3 Å². The van der Waals surface area contributed by atoms with Crippen LogP contribution in [0.4, 0.5) is 8.78 Å². The molecule has 30 heavy (non-hydrogen) atoms. The third kappa shape index (κ3) is 4.29. The third-order valence-electron chi connectivity index (χ3n) is 5.75. The molecule has 0 aliphatic heterocycles. The van der Waals surface area contributed by atoms with E-state index in [1.807, 2.05) is 0 Å². The van der Waals surface area contributed by atoms with Crippen molar-refractivity contribution < 1.29 is 8.78 Å². The second kappa shape index (κ2) is 9.29. The maximum Gasteiger partial charge on any atom is 0.134 e. The van der Waals surface area contributed by atoms with Gasteiger partial charge in [-0.15, -0.1) is 24.8 Å². The van der Waals surface area contributed by atoms with Crippen LogP contribution in [0.15, 0.2) is 60.0 Å². The Morgan fingerprint density at radius 1 is 1.07 bits per heavy atom. The van der Waals surface area contributed by atoms with Gasteiger partial charge in [-0.25, -0.2) is 13.8 Å². The molecule has 2 aliphatic carbocycles. The summed E-state index contributed by atoms with van der Waals surface area (Å²) in [5.74, 6) is -1.08. The number of hydrogen-bond donors (Lipinski definition) is 2. The maximum absolute atomic E-state index is 14.8. The molecular weight excluding hydrogens is 427 g/mol. The highest BCUT2D eigenvalue weighted by atomic mass is 35.5. The predicted molar refractivity (Wildman–Crippen MR) is 121 cm³/mol. The van der Waals surface area contributed by atoms with Crippen LogP contribution in [-0.2, 0) is 6.54 Å². The number of nitrogens with one attached hydrogen (secondary N) is 2. The highest BCUT2D eigenvalue weighted by Crippen LogP contribution is 2.34. The second-order valence-corrected chi connectivity index (χ2v) is 7.62. The number of nitrogens with zero attached hydrogens (tertiary/aromatic N) is 1. The molecule has 0 bridgehead atoms. The van der Waals surface area contributed by atoms with Crippen LogP contribution in [0.5, 0.6) is 0 Å². The minimum atomic E-state index is -0.539. The maximum atomic E-state index is 14.8. The van der Waals surface area contributed by atoms with Crippen LogP contribution in [0.25, 0.3) is 22.2 Å². The molecule has 1 aromatic heterocycles. The first kappa shape index (κ1) is 22.5. The fraction of sp³-hybridized carbons (Fsp3) is 0.261. The number of benzene rings is 2. The SMILES string of the molecule is Cl.Cl.Fc1cc(CNC2CC3=C(CCC=C3)C2)cc(F)c1-c1ccc2nc[nH]c2c1. The smallest absolute Gasteiger partial charge is 0.134 e. The molecule has 2 aromatic carbocycles. The summed E-state index contributed by atoms with van der Waals surface area (Å²) < 4.78 is 29.5. The lowest BCUT2D eigenvalue weighted by molar-refractivity contribution is 0.522. The Bertz CT molecular complexity index is 1100. The minimum absolute atomic E-state index is 0. The Kier molecular flexibility index (Phi) is 6.96. The van der Waals surface area contributed by atoms with Crippen LogP contribution >= 0.6 is 24.8 Å². The summed E-state index contributed by atoms with van der Waals surface area (Å²) in [5, 5.41) is 3.47. The molecule has 2 aliphatic rings. The Labute approximate surface area is 186 Å². The lowest BCUT2D eigenvalue weighted by atomic mass is 10.0. The number of rotatable bonds is 4. The number of fused-ring (bicyclic) bond motifs is 1. The Morgan fingerprint density at radius 2 is 1.87 bits per heavy atom. The highest BCUT2D eigenvalue weighted by Gasteiger charge is 2.23. The molecule has 158 valence electrons. The molecule has 0 saturated carbocycles. The van der Waals surface area contributed by atoms with Crippen molar-refractivity contribution in [2.75, 3.05) is 0 Å². The van der Waals surface area contributed by atoms with Gasteiger partial charge in [0.25, 0.3) is 0 Å². The Morgan fingerprint density at radius 3 is 2.63 bits per heavy atom. The van der Waals surface area contributed by atoms with Crippen LogP contribution < -0.4 is 5.32 Å². The van der Waals surface area contributed by atoms with Crippen LogP contribution in [0.2, 0.25) is 0 Å². The number of imidazole rings is 1. The third-order valence-corrected chi connectivity index (χ3v) is 5.75. The van der Waals surface area contributed by atoms with Crippen LogP contribution in [-0.4, -0.2) is 16.0 Å². The molecular formula is C23H23Cl2F2N3. The molecule has 3 nitrogen and oxygen atoms in total. The summed E-state index contributed by atoms with van der Waals surface area (Å²) >= 11 is 0. The standard InChI is InChI=1S/C23H21F2N3.2ClH/c24-19-7-14(12-26-18-9-15-3-1-2-4-16(15)10-18)8-20(25)23(19)17-5-6-21-22(11-17)28-13-27-21;;/h1,3,5-8,11,13,18,26H,2,4,9-10,12H2,(H,27,28);2*1H. The monoisotopic (exact) mass is 449 g/mol.